The van der Waals surface area contributed by atoms with E-state index in [0.717, 1.165) is 31.5 Å². The largest absolute Gasteiger partial charge is 1.00 e. The van der Waals surface area contributed by atoms with Crippen LogP contribution in [0.3, 0.4) is 0 Å². The molecule has 1 fully saturated rings. The van der Waals surface area contributed by atoms with Gasteiger partial charge in [-0.15, -0.1) is 0 Å². The lowest BCUT2D eigenvalue weighted by Crippen LogP contribution is -3.00. The Morgan fingerprint density at radius 1 is 1.43 bits per heavy atom. The summed E-state index contributed by atoms with van der Waals surface area (Å²) in [5, 5.41) is 2.21. The molecular formula is C17H22ClFN2O2. The van der Waals surface area contributed by atoms with E-state index in [9.17, 15) is 9.18 Å². The molecular weight excluding hydrogens is 319 g/mol. The molecule has 1 aliphatic rings. The number of aryl methyl sites for hydroxylation is 1. The fourth-order valence-corrected chi connectivity index (χ4v) is 3.05. The van der Waals surface area contributed by atoms with Crippen LogP contribution in [0.25, 0.3) is 4.85 Å². The first-order chi connectivity index (χ1) is 10.6. The molecule has 1 saturated heterocycles. The lowest BCUT2D eigenvalue weighted by atomic mass is 9.74. The van der Waals surface area contributed by atoms with Crippen molar-refractivity contribution in [2.75, 3.05) is 19.7 Å². The maximum Gasteiger partial charge on any atom is 0.312 e. The second-order valence-electron chi connectivity index (χ2n) is 5.76. The zero-order valence-electron chi connectivity index (χ0n) is 13.3. The molecule has 0 atom stereocenters. The Morgan fingerprint density at radius 3 is 2.74 bits per heavy atom. The number of nitrogens with zero attached hydrogens (tertiary/aromatic N) is 1. The quantitative estimate of drug-likeness (QED) is 0.565. The number of quaternary nitrogens is 1. The van der Waals surface area contributed by atoms with E-state index >= 15 is 0 Å². The van der Waals surface area contributed by atoms with Gasteiger partial charge in [0.15, 0.2) is 0 Å². The summed E-state index contributed by atoms with van der Waals surface area (Å²) in [5.41, 5.74) is 0.502. The maximum atomic E-state index is 13.4. The van der Waals surface area contributed by atoms with E-state index in [0.29, 0.717) is 19.4 Å². The first-order valence-electron chi connectivity index (χ1n) is 7.76. The summed E-state index contributed by atoms with van der Waals surface area (Å²) in [6, 6.07) is 4.60. The number of ether oxygens (including phenoxy) is 1. The Hall–Kier alpha value is -1.64. The third-order valence-electron chi connectivity index (χ3n) is 4.39. The number of hydrogen-bond donors (Lipinski definition) is 1. The van der Waals surface area contributed by atoms with Gasteiger partial charge in [-0.3, -0.25) is 4.79 Å². The van der Waals surface area contributed by atoms with Crippen molar-refractivity contribution in [2.45, 2.75) is 32.6 Å². The second kappa shape index (κ2) is 8.85. The van der Waals surface area contributed by atoms with Gasteiger partial charge in [0.25, 0.3) is 0 Å². The fourth-order valence-electron chi connectivity index (χ4n) is 3.05. The Labute approximate surface area is 142 Å². The molecule has 0 spiro atoms. The van der Waals surface area contributed by atoms with E-state index in [4.69, 9.17) is 11.3 Å². The minimum atomic E-state index is -0.494. The number of benzene rings is 1. The van der Waals surface area contributed by atoms with E-state index in [2.05, 4.69) is 10.2 Å². The lowest BCUT2D eigenvalue weighted by Gasteiger charge is -2.33. The molecule has 0 aromatic heterocycles. The van der Waals surface area contributed by atoms with Crippen molar-refractivity contribution in [1.82, 2.24) is 0 Å². The molecule has 0 amide bonds. The van der Waals surface area contributed by atoms with Crippen LogP contribution < -0.4 is 17.7 Å². The highest BCUT2D eigenvalue weighted by atomic mass is 35.5. The maximum absolute atomic E-state index is 13.4. The fraction of sp³-hybridized carbons (Fsp3) is 0.529. The van der Waals surface area contributed by atoms with Crippen LogP contribution in [0.15, 0.2) is 18.2 Å². The van der Waals surface area contributed by atoms with E-state index in [1.54, 1.807) is 12.1 Å². The summed E-state index contributed by atoms with van der Waals surface area (Å²) in [6.07, 6.45) is 2.95. The number of carbonyl (C=O) groups is 1. The van der Waals surface area contributed by atoms with Gasteiger partial charge in [0.1, 0.15) is 5.82 Å². The first kappa shape index (κ1) is 19.4. The highest BCUT2D eigenvalue weighted by molar-refractivity contribution is 5.77. The summed E-state index contributed by atoms with van der Waals surface area (Å²) < 4.78 is 18.7. The molecule has 0 bridgehead atoms. The SMILES string of the molecule is [C-]#[N+]c1cc(CCC2(C(=O)OCC)CC[NH2+]CC2)ccc1F.[Cl-]. The van der Waals surface area contributed by atoms with E-state index in [1.807, 2.05) is 6.92 Å². The van der Waals surface area contributed by atoms with Gasteiger partial charge in [0, 0.05) is 12.8 Å². The van der Waals surface area contributed by atoms with Gasteiger partial charge in [0.05, 0.1) is 31.7 Å². The predicted molar refractivity (Wildman–Crippen MR) is 80.9 cm³/mol. The molecule has 6 heteroatoms. The Morgan fingerprint density at radius 2 is 2.13 bits per heavy atom. The summed E-state index contributed by atoms with van der Waals surface area (Å²) >= 11 is 0. The van der Waals surface area contributed by atoms with Crippen LogP contribution in [0.2, 0.25) is 0 Å². The zero-order chi connectivity index (χ0) is 16.0. The van der Waals surface area contributed by atoms with Crippen molar-refractivity contribution in [3.8, 4) is 0 Å². The lowest BCUT2D eigenvalue weighted by molar-refractivity contribution is -0.667. The van der Waals surface area contributed by atoms with Gasteiger partial charge in [-0.25, -0.2) is 9.24 Å². The summed E-state index contributed by atoms with van der Waals surface area (Å²) in [4.78, 5) is 15.6. The van der Waals surface area contributed by atoms with Crippen molar-refractivity contribution < 1.29 is 31.6 Å². The number of nitrogens with two attached hydrogens (primary N) is 1. The molecule has 1 aromatic rings. The number of halogens is 2. The van der Waals surface area contributed by atoms with Crippen LogP contribution in [0.1, 0.15) is 31.7 Å². The average Bonchev–Trinajstić information content (AvgIpc) is 2.55. The molecule has 1 aromatic carbocycles. The summed E-state index contributed by atoms with van der Waals surface area (Å²) in [5.74, 6) is -0.610. The van der Waals surface area contributed by atoms with Crippen LogP contribution in [-0.2, 0) is 16.0 Å². The minimum absolute atomic E-state index is 0. The van der Waals surface area contributed by atoms with Crippen molar-refractivity contribution in [3.63, 3.8) is 0 Å². The highest BCUT2D eigenvalue weighted by Gasteiger charge is 2.42. The van der Waals surface area contributed by atoms with Gasteiger partial charge in [-0.05, 0) is 25.8 Å². The van der Waals surface area contributed by atoms with E-state index in [-0.39, 0.29) is 24.1 Å². The van der Waals surface area contributed by atoms with E-state index < -0.39 is 11.2 Å². The highest BCUT2D eigenvalue weighted by Crippen LogP contribution is 2.35. The van der Waals surface area contributed by atoms with Gasteiger partial charge >= 0.3 is 5.97 Å². The van der Waals surface area contributed by atoms with Crippen molar-refractivity contribution >= 4 is 11.7 Å². The molecule has 23 heavy (non-hydrogen) atoms. The van der Waals surface area contributed by atoms with Crippen LogP contribution in [0, 0.1) is 17.8 Å². The third kappa shape index (κ3) is 4.66. The Kier molecular flexibility index (Phi) is 7.47. The molecule has 126 valence electrons. The Bertz CT molecular complexity index is 580. The Balaban J connectivity index is 0.00000264. The molecule has 4 nitrogen and oxygen atoms in total. The van der Waals surface area contributed by atoms with E-state index in [1.165, 1.54) is 6.07 Å². The van der Waals surface area contributed by atoms with Gasteiger partial charge in [0.2, 0.25) is 5.69 Å². The second-order valence-corrected chi connectivity index (χ2v) is 5.76. The number of piperidine rings is 1. The smallest absolute Gasteiger partial charge is 0.312 e. The molecule has 0 saturated carbocycles. The summed E-state index contributed by atoms with van der Waals surface area (Å²) in [7, 11) is 0. The predicted octanol–water partition coefficient (Wildman–Crippen LogP) is -0.780. The first-order valence-corrected chi connectivity index (χ1v) is 7.76. The number of hydrogen-bond acceptors (Lipinski definition) is 2. The van der Waals surface area contributed by atoms with Crippen LogP contribution in [0.4, 0.5) is 10.1 Å². The standard InChI is InChI=1S/C17H21FN2O2.ClH/c1-3-22-16(21)17(8-10-20-11-9-17)7-6-13-4-5-14(18)15(12-13)19-2;/h4-5,12,20H,3,6-11H2,1H3;1H. The van der Waals surface area contributed by atoms with Crippen LogP contribution >= 0.6 is 0 Å². The van der Waals surface area contributed by atoms with Crippen molar-refractivity contribution in [2.24, 2.45) is 5.41 Å². The topological polar surface area (TPSA) is 47.3 Å². The molecule has 2 rings (SSSR count). The van der Waals surface area contributed by atoms with Gasteiger partial charge in [-0.2, -0.15) is 0 Å². The molecule has 1 aliphatic heterocycles. The number of esters is 1. The van der Waals surface area contributed by atoms with Crippen LogP contribution in [0.5, 0.6) is 0 Å². The monoisotopic (exact) mass is 340 g/mol. The molecule has 0 unspecified atom stereocenters. The zero-order valence-corrected chi connectivity index (χ0v) is 14.0. The third-order valence-corrected chi connectivity index (χ3v) is 4.39. The molecule has 0 aliphatic carbocycles. The molecule has 0 radical (unpaired) electrons. The average molecular weight is 341 g/mol. The number of carbonyl (C=O) groups excluding carboxylic acids is 1. The van der Waals surface area contributed by atoms with Crippen LogP contribution in [-0.4, -0.2) is 25.7 Å². The van der Waals surface area contributed by atoms with Gasteiger partial charge in [-0.1, -0.05) is 17.7 Å². The minimum Gasteiger partial charge on any atom is -1.00 e. The van der Waals surface area contributed by atoms with Gasteiger partial charge < -0.3 is 22.5 Å². The molecule has 1 heterocycles. The van der Waals surface area contributed by atoms with Crippen molar-refractivity contribution in [3.05, 3.63) is 41.0 Å². The molecule has 2 N–H and O–H groups in total. The van der Waals surface area contributed by atoms with Crippen molar-refractivity contribution in [1.29, 1.82) is 0 Å². The normalized spacial score (nSPS) is 16.0. The number of rotatable bonds is 5. The summed E-state index contributed by atoms with van der Waals surface area (Å²) in [6.45, 7) is 11.0.